The van der Waals surface area contributed by atoms with Gasteiger partial charge in [-0.05, 0) is 37.2 Å². The molecule has 1 aliphatic carbocycles. The second kappa shape index (κ2) is 7.12. The topological polar surface area (TPSA) is 51.4 Å². The van der Waals surface area contributed by atoms with Crippen LogP contribution >= 0.6 is 0 Å². The molecule has 5 rings (SSSR count). The van der Waals surface area contributed by atoms with E-state index in [-0.39, 0.29) is 0 Å². The summed E-state index contributed by atoms with van der Waals surface area (Å²) in [6, 6.07) is 11.7. The first-order chi connectivity index (χ1) is 12.9. The molecule has 5 heteroatoms. The van der Waals surface area contributed by atoms with Gasteiger partial charge in [-0.2, -0.15) is 4.98 Å². The van der Waals surface area contributed by atoms with E-state index in [0.29, 0.717) is 17.9 Å². The third-order valence-corrected chi connectivity index (χ3v) is 6.58. The Kier molecular flexibility index (Phi) is 4.51. The number of aromatic nitrogens is 2. The molecule has 0 amide bonds. The third-order valence-electron chi connectivity index (χ3n) is 6.58. The van der Waals surface area contributed by atoms with Gasteiger partial charge in [0.25, 0.3) is 0 Å². The van der Waals surface area contributed by atoms with E-state index < -0.39 is 0 Å². The van der Waals surface area contributed by atoms with E-state index in [0.717, 1.165) is 56.8 Å². The zero-order valence-electron chi connectivity index (χ0n) is 15.2. The summed E-state index contributed by atoms with van der Waals surface area (Å²) in [6.07, 6.45) is 5.98. The number of likely N-dealkylation sites (tertiary alicyclic amines) is 1. The lowest BCUT2D eigenvalue weighted by Crippen LogP contribution is -2.29. The lowest BCUT2D eigenvalue weighted by Gasteiger charge is -2.21. The zero-order chi connectivity index (χ0) is 17.3. The van der Waals surface area contributed by atoms with Crippen LogP contribution in [0.2, 0.25) is 0 Å². The predicted octanol–water partition coefficient (Wildman–Crippen LogP) is 3.73. The Hall–Kier alpha value is -1.72. The fourth-order valence-corrected chi connectivity index (χ4v) is 5.27. The van der Waals surface area contributed by atoms with E-state index in [2.05, 4.69) is 40.4 Å². The molecule has 1 aromatic heterocycles. The molecule has 0 bridgehead atoms. The van der Waals surface area contributed by atoms with Crippen molar-refractivity contribution in [1.29, 1.82) is 0 Å². The van der Waals surface area contributed by atoms with Crippen LogP contribution in [0.1, 0.15) is 61.2 Å². The van der Waals surface area contributed by atoms with Crippen LogP contribution in [-0.4, -0.2) is 40.8 Å². The van der Waals surface area contributed by atoms with Crippen LogP contribution < -0.4 is 0 Å². The highest BCUT2D eigenvalue weighted by molar-refractivity contribution is 5.24. The summed E-state index contributed by atoms with van der Waals surface area (Å²) in [5, 5.41) is 4.30. The van der Waals surface area contributed by atoms with Gasteiger partial charge >= 0.3 is 0 Å². The highest BCUT2D eigenvalue weighted by Crippen LogP contribution is 2.46. The van der Waals surface area contributed by atoms with Gasteiger partial charge in [0.2, 0.25) is 5.89 Å². The number of nitrogens with zero attached hydrogens (tertiary/aromatic N) is 3. The van der Waals surface area contributed by atoms with Crippen molar-refractivity contribution in [1.82, 2.24) is 15.0 Å². The molecule has 2 aromatic rings. The minimum Gasteiger partial charge on any atom is -0.381 e. The Bertz CT molecular complexity index is 726. The third kappa shape index (κ3) is 3.08. The zero-order valence-corrected chi connectivity index (χ0v) is 15.2. The number of hydrogen-bond donors (Lipinski definition) is 0. The molecule has 26 heavy (non-hydrogen) atoms. The molecule has 0 radical (unpaired) electrons. The normalized spacial score (nSPS) is 29.9. The van der Waals surface area contributed by atoms with Crippen molar-refractivity contribution < 1.29 is 9.26 Å². The lowest BCUT2D eigenvalue weighted by molar-refractivity contribution is 0.0778. The molecule has 3 aliphatic rings. The van der Waals surface area contributed by atoms with Gasteiger partial charge in [-0.1, -0.05) is 41.9 Å². The average Bonchev–Trinajstić information content (AvgIpc) is 3.41. The van der Waals surface area contributed by atoms with Crippen LogP contribution in [-0.2, 0) is 11.3 Å². The van der Waals surface area contributed by atoms with E-state index in [9.17, 15) is 0 Å². The van der Waals surface area contributed by atoms with Crippen LogP contribution in [0, 0.1) is 5.92 Å². The van der Waals surface area contributed by atoms with Gasteiger partial charge in [0.15, 0.2) is 5.82 Å². The number of rotatable bonds is 4. The van der Waals surface area contributed by atoms with Gasteiger partial charge in [0, 0.05) is 37.6 Å². The molecule has 3 heterocycles. The summed E-state index contributed by atoms with van der Waals surface area (Å²) in [7, 11) is 0. The Labute approximate surface area is 154 Å². The van der Waals surface area contributed by atoms with E-state index in [4.69, 9.17) is 14.2 Å². The van der Waals surface area contributed by atoms with Crippen molar-refractivity contribution in [2.75, 3.05) is 19.8 Å². The first-order valence-electron chi connectivity index (χ1n) is 10.1. The van der Waals surface area contributed by atoms with Crippen LogP contribution in [0.3, 0.4) is 0 Å². The highest BCUT2D eigenvalue weighted by atomic mass is 16.5. The quantitative estimate of drug-likeness (QED) is 0.838. The van der Waals surface area contributed by atoms with Crippen LogP contribution in [0.4, 0.5) is 0 Å². The Morgan fingerprint density at radius 1 is 1.04 bits per heavy atom. The summed E-state index contributed by atoms with van der Waals surface area (Å²) >= 11 is 0. The van der Waals surface area contributed by atoms with E-state index in [1.54, 1.807) is 0 Å². The molecule has 0 spiro atoms. The lowest BCUT2D eigenvalue weighted by atomic mass is 9.87. The summed E-state index contributed by atoms with van der Waals surface area (Å²) in [5.74, 6) is 3.46. The van der Waals surface area contributed by atoms with Crippen molar-refractivity contribution >= 4 is 0 Å². The van der Waals surface area contributed by atoms with Gasteiger partial charge in [-0.3, -0.25) is 4.90 Å². The summed E-state index contributed by atoms with van der Waals surface area (Å²) in [5.41, 5.74) is 1.49. The van der Waals surface area contributed by atoms with Crippen molar-refractivity contribution in [2.24, 2.45) is 5.92 Å². The number of hydrogen-bond acceptors (Lipinski definition) is 5. The Morgan fingerprint density at radius 3 is 2.73 bits per heavy atom. The van der Waals surface area contributed by atoms with Gasteiger partial charge < -0.3 is 9.26 Å². The van der Waals surface area contributed by atoms with Crippen LogP contribution in [0.15, 0.2) is 34.9 Å². The molecule has 3 fully saturated rings. The smallest absolute Gasteiger partial charge is 0.229 e. The SMILES string of the molecule is c1ccc(C2CN(Cc3noc(C4CCOCC4)n3)C3CCCC23)cc1. The summed E-state index contributed by atoms with van der Waals surface area (Å²) in [6.45, 7) is 3.53. The van der Waals surface area contributed by atoms with E-state index >= 15 is 0 Å². The van der Waals surface area contributed by atoms with Crippen molar-refractivity contribution in [2.45, 2.75) is 56.5 Å². The first kappa shape index (κ1) is 16.5. The molecule has 1 aromatic carbocycles. The fraction of sp³-hybridized carbons (Fsp3) is 0.619. The Morgan fingerprint density at radius 2 is 1.88 bits per heavy atom. The monoisotopic (exact) mass is 353 g/mol. The Balaban J connectivity index is 1.30. The molecular formula is C21H27N3O2. The number of fused-ring (bicyclic) bond motifs is 1. The molecule has 3 unspecified atom stereocenters. The van der Waals surface area contributed by atoms with E-state index in [1.165, 1.54) is 24.8 Å². The molecular weight excluding hydrogens is 326 g/mol. The highest BCUT2D eigenvalue weighted by Gasteiger charge is 2.44. The van der Waals surface area contributed by atoms with E-state index in [1.807, 2.05) is 0 Å². The van der Waals surface area contributed by atoms with Gasteiger partial charge in [0.05, 0.1) is 6.54 Å². The van der Waals surface area contributed by atoms with Crippen LogP contribution in [0.5, 0.6) is 0 Å². The van der Waals surface area contributed by atoms with Crippen LogP contribution in [0.25, 0.3) is 0 Å². The summed E-state index contributed by atoms with van der Waals surface area (Å²) < 4.78 is 11.0. The van der Waals surface area contributed by atoms with Crippen molar-refractivity contribution in [3.05, 3.63) is 47.6 Å². The van der Waals surface area contributed by atoms with Gasteiger partial charge in [0.1, 0.15) is 0 Å². The minimum atomic E-state index is 0.375. The van der Waals surface area contributed by atoms with Gasteiger partial charge in [-0.15, -0.1) is 0 Å². The fourth-order valence-electron chi connectivity index (χ4n) is 5.27. The predicted molar refractivity (Wildman–Crippen MR) is 97.8 cm³/mol. The molecule has 1 saturated carbocycles. The number of ether oxygens (including phenoxy) is 1. The second-order valence-corrected chi connectivity index (χ2v) is 8.04. The maximum absolute atomic E-state index is 5.59. The minimum absolute atomic E-state index is 0.375. The maximum Gasteiger partial charge on any atom is 0.229 e. The molecule has 138 valence electrons. The molecule has 2 saturated heterocycles. The van der Waals surface area contributed by atoms with Crippen molar-refractivity contribution in [3.63, 3.8) is 0 Å². The molecule has 0 N–H and O–H groups in total. The largest absolute Gasteiger partial charge is 0.381 e. The molecule has 2 aliphatic heterocycles. The summed E-state index contributed by atoms with van der Waals surface area (Å²) in [4.78, 5) is 7.34. The second-order valence-electron chi connectivity index (χ2n) is 8.04. The molecule has 3 atom stereocenters. The molecule has 5 nitrogen and oxygen atoms in total. The van der Waals surface area contributed by atoms with Gasteiger partial charge in [-0.25, -0.2) is 0 Å². The average molecular weight is 353 g/mol. The maximum atomic E-state index is 5.59. The first-order valence-corrected chi connectivity index (χ1v) is 10.1. The standard InChI is InChI=1S/C21H27N3O2/c1-2-5-15(6-3-1)18-13-24(19-8-4-7-17(18)19)14-20-22-21(26-23-20)16-9-11-25-12-10-16/h1-3,5-6,16-19H,4,7-14H2. The van der Waals surface area contributed by atoms with Crippen molar-refractivity contribution in [3.8, 4) is 0 Å². The number of benzene rings is 1.